The van der Waals surface area contributed by atoms with Gasteiger partial charge in [-0.3, -0.25) is 14.9 Å². The average Bonchev–Trinajstić information content (AvgIpc) is 3.14. The van der Waals surface area contributed by atoms with Crippen molar-refractivity contribution in [2.24, 2.45) is 0 Å². The Kier molecular flexibility index (Phi) is 3.38. The number of hydrogen-bond acceptors (Lipinski definition) is 4. The SMILES string of the molecule is O=C(Cc1cnn(-c2ccncc2)c1)Nc1cc(C2CC2)[nH]n1. The van der Waals surface area contributed by atoms with Crippen LogP contribution < -0.4 is 5.32 Å². The first kappa shape index (κ1) is 13.7. The monoisotopic (exact) mass is 308 g/mol. The first-order valence-electron chi connectivity index (χ1n) is 7.57. The van der Waals surface area contributed by atoms with E-state index in [0.29, 0.717) is 11.7 Å². The summed E-state index contributed by atoms with van der Waals surface area (Å²) in [6.07, 6.45) is 9.61. The minimum atomic E-state index is -0.104. The zero-order chi connectivity index (χ0) is 15.6. The van der Waals surface area contributed by atoms with E-state index in [1.54, 1.807) is 23.3 Å². The molecule has 7 heteroatoms. The summed E-state index contributed by atoms with van der Waals surface area (Å²) >= 11 is 0. The number of pyridine rings is 1. The molecule has 0 unspecified atom stereocenters. The fourth-order valence-electron chi connectivity index (χ4n) is 2.47. The van der Waals surface area contributed by atoms with Gasteiger partial charge in [0.1, 0.15) is 0 Å². The maximum Gasteiger partial charge on any atom is 0.230 e. The number of carbonyl (C=O) groups is 1. The molecule has 7 nitrogen and oxygen atoms in total. The van der Waals surface area contributed by atoms with Gasteiger partial charge in [-0.2, -0.15) is 10.2 Å². The van der Waals surface area contributed by atoms with Crippen LogP contribution >= 0.6 is 0 Å². The molecule has 0 aromatic carbocycles. The number of nitrogens with zero attached hydrogens (tertiary/aromatic N) is 4. The van der Waals surface area contributed by atoms with Gasteiger partial charge >= 0.3 is 0 Å². The molecule has 3 aromatic heterocycles. The van der Waals surface area contributed by atoms with Gasteiger partial charge in [0.2, 0.25) is 5.91 Å². The van der Waals surface area contributed by atoms with Gasteiger partial charge in [-0.25, -0.2) is 4.68 Å². The van der Waals surface area contributed by atoms with Crippen molar-refractivity contribution in [3.63, 3.8) is 0 Å². The van der Waals surface area contributed by atoms with Crippen molar-refractivity contribution in [2.75, 3.05) is 5.32 Å². The largest absolute Gasteiger partial charge is 0.309 e. The van der Waals surface area contributed by atoms with Crippen LogP contribution in [0.5, 0.6) is 0 Å². The van der Waals surface area contributed by atoms with Gasteiger partial charge in [-0.1, -0.05) is 0 Å². The third-order valence-electron chi connectivity index (χ3n) is 3.81. The predicted octanol–water partition coefficient (Wildman–Crippen LogP) is 2.05. The third-order valence-corrected chi connectivity index (χ3v) is 3.81. The normalized spacial score (nSPS) is 13.9. The van der Waals surface area contributed by atoms with E-state index in [2.05, 4.69) is 25.6 Å². The number of carbonyl (C=O) groups excluding carboxylic acids is 1. The zero-order valence-electron chi connectivity index (χ0n) is 12.4. The van der Waals surface area contributed by atoms with Crippen LogP contribution in [0.2, 0.25) is 0 Å². The van der Waals surface area contributed by atoms with E-state index in [0.717, 1.165) is 16.9 Å². The van der Waals surface area contributed by atoms with Crippen molar-refractivity contribution >= 4 is 11.7 Å². The lowest BCUT2D eigenvalue weighted by Crippen LogP contribution is -2.14. The van der Waals surface area contributed by atoms with Crippen molar-refractivity contribution in [3.8, 4) is 5.69 Å². The van der Waals surface area contributed by atoms with Crippen LogP contribution in [0.4, 0.5) is 5.82 Å². The van der Waals surface area contributed by atoms with Crippen molar-refractivity contribution in [1.82, 2.24) is 25.0 Å². The van der Waals surface area contributed by atoms with E-state index in [1.165, 1.54) is 12.8 Å². The number of hydrogen-bond donors (Lipinski definition) is 2. The molecule has 23 heavy (non-hydrogen) atoms. The first-order valence-corrected chi connectivity index (χ1v) is 7.57. The predicted molar refractivity (Wildman–Crippen MR) is 84.3 cm³/mol. The first-order chi connectivity index (χ1) is 11.3. The summed E-state index contributed by atoms with van der Waals surface area (Å²) in [4.78, 5) is 16.1. The van der Waals surface area contributed by atoms with Gasteiger partial charge < -0.3 is 5.32 Å². The Morgan fingerprint density at radius 1 is 1.35 bits per heavy atom. The Labute approximate surface area is 132 Å². The summed E-state index contributed by atoms with van der Waals surface area (Å²) in [5.41, 5.74) is 2.86. The lowest BCUT2D eigenvalue weighted by Gasteiger charge is -2.00. The molecule has 0 bridgehead atoms. The molecule has 2 N–H and O–H groups in total. The second-order valence-electron chi connectivity index (χ2n) is 5.71. The van der Waals surface area contributed by atoms with Crippen LogP contribution in [0.25, 0.3) is 5.69 Å². The molecule has 4 rings (SSSR count). The molecule has 0 aliphatic heterocycles. The fourth-order valence-corrected chi connectivity index (χ4v) is 2.47. The number of aromatic amines is 1. The summed E-state index contributed by atoms with van der Waals surface area (Å²) in [6.45, 7) is 0. The van der Waals surface area contributed by atoms with Gasteiger partial charge in [0, 0.05) is 36.3 Å². The lowest BCUT2D eigenvalue weighted by molar-refractivity contribution is -0.115. The van der Waals surface area contributed by atoms with Gasteiger partial charge in [-0.15, -0.1) is 0 Å². The molecule has 0 atom stereocenters. The van der Waals surface area contributed by atoms with Crippen molar-refractivity contribution < 1.29 is 4.79 Å². The molecular formula is C16H16N6O. The number of H-pyrrole nitrogens is 1. The third kappa shape index (κ3) is 3.13. The molecule has 116 valence electrons. The molecule has 1 aliphatic rings. The van der Waals surface area contributed by atoms with Crippen LogP contribution in [-0.4, -0.2) is 30.9 Å². The van der Waals surface area contributed by atoms with Gasteiger partial charge in [-0.05, 0) is 30.5 Å². The number of rotatable bonds is 5. The summed E-state index contributed by atoms with van der Waals surface area (Å²) in [6, 6.07) is 5.63. The molecule has 0 radical (unpaired) electrons. The molecule has 1 amide bonds. The van der Waals surface area contributed by atoms with Gasteiger partial charge in [0.25, 0.3) is 0 Å². The van der Waals surface area contributed by atoms with E-state index in [-0.39, 0.29) is 12.3 Å². The number of amides is 1. The van der Waals surface area contributed by atoms with Crippen molar-refractivity contribution in [2.45, 2.75) is 25.2 Å². The van der Waals surface area contributed by atoms with E-state index in [9.17, 15) is 4.79 Å². The Hall–Kier alpha value is -2.96. The van der Waals surface area contributed by atoms with E-state index >= 15 is 0 Å². The molecule has 1 aliphatic carbocycles. The highest BCUT2D eigenvalue weighted by Gasteiger charge is 2.25. The zero-order valence-corrected chi connectivity index (χ0v) is 12.4. The summed E-state index contributed by atoms with van der Waals surface area (Å²) in [5.74, 6) is 1.07. The quantitative estimate of drug-likeness (QED) is 0.755. The maximum absolute atomic E-state index is 12.1. The second-order valence-corrected chi connectivity index (χ2v) is 5.71. The van der Waals surface area contributed by atoms with Crippen LogP contribution in [0.1, 0.15) is 30.0 Å². The van der Waals surface area contributed by atoms with Gasteiger partial charge in [0.15, 0.2) is 5.82 Å². The van der Waals surface area contributed by atoms with E-state index in [4.69, 9.17) is 0 Å². The standard InChI is InChI=1S/C16H16N6O/c23-16(19-15-8-14(20-21-15)12-1-2-12)7-11-9-18-22(10-11)13-3-5-17-6-4-13/h3-6,8-10,12H,1-2,7H2,(H2,19,20,21,23). The smallest absolute Gasteiger partial charge is 0.230 e. The fraction of sp³-hybridized carbons (Fsp3) is 0.250. The second kappa shape index (κ2) is 5.68. The highest BCUT2D eigenvalue weighted by Crippen LogP contribution is 2.39. The topological polar surface area (TPSA) is 88.5 Å². The molecule has 3 aromatic rings. The Morgan fingerprint density at radius 2 is 2.17 bits per heavy atom. The number of anilines is 1. The Balaban J connectivity index is 1.39. The van der Waals surface area contributed by atoms with E-state index < -0.39 is 0 Å². The molecule has 1 fully saturated rings. The van der Waals surface area contributed by atoms with Crippen LogP contribution in [0.3, 0.4) is 0 Å². The Bertz CT molecular complexity index is 818. The highest BCUT2D eigenvalue weighted by atomic mass is 16.1. The van der Waals surface area contributed by atoms with Crippen molar-refractivity contribution in [3.05, 3.63) is 54.2 Å². The molecule has 3 heterocycles. The molecular weight excluding hydrogens is 292 g/mol. The van der Waals surface area contributed by atoms with Crippen molar-refractivity contribution in [1.29, 1.82) is 0 Å². The minimum absolute atomic E-state index is 0.104. The van der Waals surface area contributed by atoms with Crippen LogP contribution in [0, 0.1) is 0 Å². The van der Waals surface area contributed by atoms with Gasteiger partial charge in [0.05, 0.1) is 18.3 Å². The number of nitrogens with one attached hydrogen (secondary N) is 2. The highest BCUT2D eigenvalue weighted by molar-refractivity contribution is 5.91. The Morgan fingerprint density at radius 3 is 2.96 bits per heavy atom. The summed E-state index contributed by atoms with van der Waals surface area (Å²) < 4.78 is 1.73. The summed E-state index contributed by atoms with van der Waals surface area (Å²) in [5, 5.41) is 14.2. The number of aromatic nitrogens is 5. The molecule has 0 spiro atoms. The lowest BCUT2D eigenvalue weighted by atomic mass is 10.2. The summed E-state index contributed by atoms with van der Waals surface area (Å²) in [7, 11) is 0. The molecule has 1 saturated carbocycles. The molecule has 0 saturated heterocycles. The van der Waals surface area contributed by atoms with Crippen LogP contribution in [-0.2, 0) is 11.2 Å². The van der Waals surface area contributed by atoms with Crippen LogP contribution in [0.15, 0.2) is 43.0 Å². The average molecular weight is 308 g/mol. The van der Waals surface area contributed by atoms with E-state index in [1.807, 2.05) is 24.4 Å². The minimum Gasteiger partial charge on any atom is -0.309 e. The maximum atomic E-state index is 12.1.